The Labute approximate surface area is 205 Å². The van der Waals surface area contributed by atoms with Gasteiger partial charge in [-0.25, -0.2) is 0 Å². The van der Waals surface area contributed by atoms with Crippen LogP contribution in [0.1, 0.15) is 74.9 Å². The Morgan fingerprint density at radius 1 is 0.735 bits per heavy atom. The molecule has 34 heavy (non-hydrogen) atoms. The van der Waals surface area contributed by atoms with Crippen LogP contribution in [-0.2, 0) is 31.5 Å². The quantitative estimate of drug-likeness (QED) is 0.530. The van der Waals surface area contributed by atoms with Crippen molar-refractivity contribution in [3.05, 3.63) is 57.6 Å². The first-order valence-corrected chi connectivity index (χ1v) is 12.2. The molecule has 5 heteroatoms. The third-order valence-electron chi connectivity index (χ3n) is 6.08. The van der Waals surface area contributed by atoms with Gasteiger partial charge in [0, 0.05) is 6.42 Å². The number of epoxide rings is 2. The maximum absolute atomic E-state index is 10.8. The zero-order valence-corrected chi connectivity index (χ0v) is 22.1. The topological polar surface area (TPSA) is 74.8 Å². The van der Waals surface area contributed by atoms with Crippen LogP contribution < -0.4 is 0 Å². The Balaban J connectivity index is 0.000000296. The van der Waals surface area contributed by atoms with Crippen molar-refractivity contribution in [1.82, 2.24) is 0 Å². The van der Waals surface area contributed by atoms with Crippen molar-refractivity contribution >= 4 is 0 Å². The smallest absolute Gasteiger partial charge is 0.122 e. The summed E-state index contributed by atoms with van der Waals surface area (Å²) in [5, 5.41) is 21.6. The number of aryl methyl sites for hydroxylation is 2. The van der Waals surface area contributed by atoms with Crippen LogP contribution >= 0.6 is 0 Å². The molecule has 2 aliphatic rings. The lowest BCUT2D eigenvalue weighted by Crippen LogP contribution is -2.14. The van der Waals surface area contributed by atoms with Crippen molar-refractivity contribution in [2.45, 2.75) is 84.8 Å². The normalized spacial score (nSPS) is 19.4. The number of hydrogen-bond acceptors (Lipinski definition) is 5. The van der Waals surface area contributed by atoms with Gasteiger partial charge in [-0.2, -0.15) is 0 Å². The van der Waals surface area contributed by atoms with E-state index in [1.165, 1.54) is 0 Å². The van der Waals surface area contributed by atoms with Crippen LogP contribution in [0, 0.1) is 13.8 Å². The molecule has 2 heterocycles. The molecule has 0 amide bonds. The molecule has 0 radical (unpaired) electrons. The van der Waals surface area contributed by atoms with Crippen LogP contribution in [0.3, 0.4) is 0 Å². The molecule has 188 valence electrons. The highest BCUT2D eigenvalue weighted by Gasteiger charge is 2.26. The summed E-state index contributed by atoms with van der Waals surface area (Å²) in [6.07, 6.45) is 1.31. The van der Waals surface area contributed by atoms with Gasteiger partial charge < -0.3 is 24.4 Å². The van der Waals surface area contributed by atoms with Gasteiger partial charge >= 0.3 is 0 Å². The first kappa shape index (κ1) is 26.5. The van der Waals surface area contributed by atoms with E-state index >= 15 is 0 Å². The fourth-order valence-corrected chi connectivity index (χ4v) is 3.99. The molecule has 0 bridgehead atoms. The minimum absolute atomic E-state index is 0.129. The van der Waals surface area contributed by atoms with E-state index < -0.39 is 0 Å². The molecule has 0 aliphatic carbocycles. The number of aromatic hydroxyl groups is 2. The largest absolute Gasteiger partial charge is 0.507 e. The molecule has 5 nitrogen and oxygen atoms in total. The Hall–Kier alpha value is -2.08. The number of phenols is 2. The van der Waals surface area contributed by atoms with Crippen LogP contribution in [0.2, 0.25) is 0 Å². The lowest BCUT2D eigenvalue weighted by molar-refractivity contribution is 0.102. The average Bonchev–Trinajstić information content (AvgIpc) is 3.61. The number of rotatable bonds is 6. The zero-order valence-electron chi connectivity index (χ0n) is 22.1. The summed E-state index contributed by atoms with van der Waals surface area (Å²) in [7, 11) is 0. The van der Waals surface area contributed by atoms with Crippen LogP contribution in [0.15, 0.2) is 24.3 Å². The van der Waals surface area contributed by atoms with E-state index in [1.54, 1.807) is 0 Å². The molecule has 2 N–H and O–H groups in total. The summed E-state index contributed by atoms with van der Waals surface area (Å²) in [4.78, 5) is 0. The first-order valence-electron chi connectivity index (χ1n) is 12.2. The van der Waals surface area contributed by atoms with Gasteiger partial charge in [0.05, 0.1) is 26.4 Å². The van der Waals surface area contributed by atoms with E-state index in [4.69, 9.17) is 14.2 Å². The second-order valence-electron chi connectivity index (χ2n) is 11.8. The maximum atomic E-state index is 10.8. The fraction of sp³-hybridized carbons (Fsp3) is 0.586. The van der Waals surface area contributed by atoms with Crippen LogP contribution in [-0.4, -0.2) is 48.8 Å². The van der Waals surface area contributed by atoms with Gasteiger partial charge in [0.2, 0.25) is 0 Å². The minimum Gasteiger partial charge on any atom is -0.507 e. The highest BCUT2D eigenvalue weighted by Crippen LogP contribution is 2.39. The Morgan fingerprint density at radius 3 is 1.38 bits per heavy atom. The summed E-state index contributed by atoms with van der Waals surface area (Å²) in [5.74, 6) is 0.688. The summed E-state index contributed by atoms with van der Waals surface area (Å²) in [6, 6.07) is 8.14. The van der Waals surface area contributed by atoms with E-state index in [9.17, 15) is 10.2 Å². The SMILES string of the molecule is C(OCC1CO1)C1CO1.Cc1cc(Cc2cc(C)cc(C(C)(C)C)c2O)c(O)c(C(C)(C)C)c1. The van der Waals surface area contributed by atoms with Crippen molar-refractivity contribution in [1.29, 1.82) is 0 Å². The predicted octanol–water partition coefficient (Wildman–Crippen LogP) is 5.70. The summed E-state index contributed by atoms with van der Waals surface area (Å²) < 4.78 is 15.1. The molecule has 2 aliphatic heterocycles. The lowest BCUT2D eigenvalue weighted by atomic mass is 9.81. The van der Waals surface area contributed by atoms with Gasteiger partial charge in [-0.1, -0.05) is 76.9 Å². The molecule has 4 rings (SSSR count). The summed E-state index contributed by atoms with van der Waals surface area (Å²) >= 11 is 0. The van der Waals surface area contributed by atoms with Crippen molar-refractivity contribution in [3.63, 3.8) is 0 Å². The van der Waals surface area contributed by atoms with Crippen LogP contribution in [0.5, 0.6) is 11.5 Å². The highest BCUT2D eigenvalue weighted by atomic mass is 16.6. The molecule has 0 aromatic heterocycles. The molecule has 2 aromatic carbocycles. The van der Waals surface area contributed by atoms with E-state index in [0.29, 0.717) is 30.1 Å². The Bertz CT molecular complexity index is 910. The molecular weight excluding hydrogens is 428 g/mol. The van der Waals surface area contributed by atoms with Crippen molar-refractivity contribution in [2.75, 3.05) is 26.4 Å². The van der Waals surface area contributed by atoms with Gasteiger partial charge in [0.25, 0.3) is 0 Å². The van der Waals surface area contributed by atoms with Gasteiger partial charge in [-0.3, -0.25) is 0 Å². The molecular formula is C29H42O5. The zero-order chi connectivity index (χ0) is 25.3. The molecule has 0 spiro atoms. The Morgan fingerprint density at radius 2 is 1.09 bits per heavy atom. The molecule has 2 aromatic rings. The van der Waals surface area contributed by atoms with Crippen molar-refractivity contribution in [3.8, 4) is 11.5 Å². The van der Waals surface area contributed by atoms with Gasteiger partial charge in [-0.15, -0.1) is 0 Å². The highest BCUT2D eigenvalue weighted by molar-refractivity contribution is 5.53. The maximum Gasteiger partial charge on any atom is 0.122 e. The third kappa shape index (κ3) is 7.46. The summed E-state index contributed by atoms with van der Waals surface area (Å²) in [5.41, 5.74) is 5.63. The van der Waals surface area contributed by atoms with E-state index in [-0.39, 0.29) is 10.8 Å². The number of benzene rings is 2. The monoisotopic (exact) mass is 470 g/mol. The van der Waals surface area contributed by atoms with Crippen molar-refractivity contribution < 1.29 is 24.4 Å². The minimum atomic E-state index is -0.129. The van der Waals surface area contributed by atoms with Crippen LogP contribution in [0.4, 0.5) is 0 Å². The van der Waals surface area contributed by atoms with E-state index in [0.717, 1.165) is 59.8 Å². The van der Waals surface area contributed by atoms with Crippen molar-refractivity contribution in [2.24, 2.45) is 0 Å². The van der Waals surface area contributed by atoms with E-state index in [2.05, 4.69) is 67.5 Å². The summed E-state index contributed by atoms with van der Waals surface area (Å²) in [6.45, 7) is 20.0. The number of phenolic OH excluding ortho intramolecular Hbond substituents is 2. The second-order valence-corrected chi connectivity index (χ2v) is 11.8. The molecule has 2 unspecified atom stereocenters. The second kappa shape index (κ2) is 10.3. The van der Waals surface area contributed by atoms with E-state index in [1.807, 2.05) is 12.1 Å². The average molecular weight is 471 g/mol. The van der Waals surface area contributed by atoms with Gasteiger partial charge in [-0.05, 0) is 46.9 Å². The van der Waals surface area contributed by atoms with Gasteiger partial charge in [0.15, 0.2) is 0 Å². The predicted molar refractivity (Wildman–Crippen MR) is 136 cm³/mol. The standard InChI is InChI=1S/C23H32O2.C6H10O3/c1-14-9-16(20(24)18(11-14)22(3,4)5)13-17-10-15(2)12-19(21(17)25)23(6,7)8;1(5-3-8-5)7-2-6-4-9-6/h9-12,24-25H,13H2,1-8H3;5-6H,1-4H2. The van der Waals surface area contributed by atoms with Gasteiger partial charge in [0.1, 0.15) is 23.7 Å². The lowest BCUT2D eigenvalue weighted by Gasteiger charge is -2.25. The Kier molecular flexibility index (Phi) is 8.01. The third-order valence-corrected chi connectivity index (χ3v) is 6.08. The fourth-order valence-electron chi connectivity index (χ4n) is 3.99. The molecule has 2 fully saturated rings. The number of ether oxygens (including phenoxy) is 3. The molecule has 0 saturated carbocycles. The molecule has 2 saturated heterocycles. The number of hydrogen-bond donors (Lipinski definition) is 2. The first-order chi connectivity index (χ1) is 15.8. The molecule has 2 atom stereocenters. The van der Waals surface area contributed by atoms with Crippen LogP contribution in [0.25, 0.3) is 0 Å².